The van der Waals surface area contributed by atoms with Gasteiger partial charge in [-0.15, -0.1) is 0 Å². The van der Waals surface area contributed by atoms with Crippen molar-refractivity contribution in [3.05, 3.63) is 204 Å². The third-order valence-electron chi connectivity index (χ3n) is 10.8. The second-order valence-electron chi connectivity index (χ2n) is 13.8. The van der Waals surface area contributed by atoms with Gasteiger partial charge in [0.1, 0.15) is 6.17 Å². The standard InChI is InChI=1S/C47H34N4O/c1-4-13-31(14-5-1)32-23-25-33(26-24-32)42-30-43(51-47(50(42)51)35-17-8-3-9-18-35)36-19-12-20-37(29-36)49-40-22-11-10-21-38(40)44-41(49)28-27-39-45(44)52-46(48-39)34-15-6-2-7-16-34/h1-30,43,46-48H. The van der Waals surface area contributed by atoms with E-state index in [1.165, 1.54) is 38.9 Å². The molecule has 0 aliphatic carbocycles. The molecule has 7 aromatic carbocycles. The Hall–Kier alpha value is -6.56. The van der Waals surface area contributed by atoms with Crippen molar-refractivity contribution in [2.45, 2.75) is 18.4 Å². The second-order valence-corrected chi connectivity index (χ2v) is 13.8. The van der Waals surface area contributed by atoms with Gasteiger partial charge in [-0.1, -0.05) is 146 Å². The van der Waals surface area contributed by atoms with Gasteiger partial charge in [0.05, 0.1) is 33.8 Å². The molecule has 5 nitrogen and oxygen atoms in total. The summed E-state index contributed by atoms with van der Waals surface area (Å²) in [5.41, 5.74) is 13.0. The summed E-state index contributed by atoms with van der Waals surface area (Å²) in [5.74, 6) is 0.907. The highest BCUT2D eigenvalue weighted by Crippen LogP contribution is 2.58. The number of nitrogens with zero attached hydrogens (tertiary/aromatic N) is 3. The van der Waals surface area contributed by atoms with Crippen LogP contribution >= 0.6 is 0 Å². The summed E-state index contributed by atoms with van der Waals surface area (Å²) in [4.78, 5) is 0. The van der Waals surface area contributed by atoms with Gasteiger partial charge in [-0.05, 0) is 64.2 Å². The Kier molecular flexibility index (Phi) is 6.45. The van der Waals surface area contributed by atoms with Crippen molar-refractivity contribution >= 4 is 33.2 Å². The van der Waals surface area contributed by atoms with E-state index in [2.05, 4.69) is 196 Å². The lowest BCUT2D eigenvalue weighted by molar-refractivity contribution is 0.263. The number of fused-ring (bicyclic) bond motifs is 6. The molecule has 3 aliphatic rings. The smallest absolute Gasteiger partial charge is 0.196 e. The molecule has 1 fully saturated rings. The van der Waals surface area contributed by atoms with Gasteiger partial charge in [-0.2, -0.15) is 5.01 Å². The van der Waals surface area contributed by atoms with E-state index in [-0.39, 0.29) is 18.4 Å². The average molecular weight is 671 g/mol. The van der Waals surface area contributed by atoms with Crippen LogP contribution in [0.4, 0.5) is 5.69 Å². The number of ether oxygens (including phenoxy) is 1. The summed E-state index contributed by atoms with van der Waals surface area (Å²) in [5, 5.41) is 10.9. The molecule has 3 aliphatic heterocycles. The number of hydrogen-bond acceptors (Lipinski definition) is 4. The monoisotopic (exact) mass is 670 g/mol. The minimum absolute atomic E-state index is 0.0884. The van der Waals surface area contributed by atoms with Crippen molar-refractivity contribution in [1.29, 1.82) is 0 Å². The van der Waals surface area contributed by atoms with Crippen LogP contribution in [0.5, 0.6) is 5.75 Å². The number of hydrazine groups is 1. The third kappa shape index (κ3) is 4.53. The molecular formula is C47H34N4O. The first-order valence-electron chi connectivity index (χ1n) is 17.9. The van der Waals surface area contributed by atoms with Gasteiger partial charge in [0.2, 0.25) is 0 Å². The van der Waals surface area contributed by atoms with Crippen molar-refractivity contribution in [2.24, 2.45) is 0 Å². The van der Waals surface area contributed by atoms with Crippen molar-refractivity contribution in [3.8, 4) is 22.6 Å². The summed E-state index contributed by atoms with van der Waals surface area (Å²) in [7, 11) is 0. The van der Waals surface area contributed by atoms with Gasteiger partial charge in [0, 0.05) is 16.6 Å². The fourth-order valence-corrected chi connectivity index (χ4v) is 8.35. The molecule has 1 N–H and O–H groups in total. The zero-order valence-electron chi connectivity index (χ0n) is 28.3. The quantitative estimate of drug-likeness (QED) is 0.179. The normalized spacial score (nSPS) is 19.9. The second kappa shape index (κ2) is 11.5. The Balaban J connectivity index is 1.00. The van der Waals surface area contributed by atoms with Crippen LogP contribution in [-0.2, 0) is 0 Å². The first-order valence-corrected chi connectivity index (χ1v) is 17.9. The molecular weight excluding hydrogens is 637 g/mol. The van der Waals surface area contributed by atoms with E-state index in [1.807, 2.05) is 6.07 Å². The molecule has 5 heteroatoms. The minimum Gasteiger partial charge on any atom is -0.464 e. The van der Waals surface area contributed by atoms with Crippen LogP contribution in [0, 0.1) is 0 Å². The van der Waals surface area contributed by atoms with E-state index in [9.17, 15) is 0 Å². The maximum absolute atomic E-state index is 6.68. The van der Waals surface area contributed by atoms with Crippen LogP contribution in [-0.4, -0.2) is 14.6 Å². The predicted molar refractivity (Wildman–Crippen MR) is 210 cm³/mol. The van der Waals surface area contributed by atoms with Gasteiger partial charge < -0.3 is 14.6 Å². The Labute approximate surface area is 302 Å². The summed E-state index contributed by atoms with van der Waals surface area (Å²) < 4.78 is 9.08. The van der Waals surface area contributed by atoms with E-state index in [1.54, 1.807) is 0 Å². The Morgan fingerprint density at radius 2 is 1.17 bits per heavy atom. The maximum Gasteiger partial charge on any atom is 0.196 e. The molecule has 52 heavy (non-hydrogen) atoms. The van der Waals surface area contributed by atoms with Crippen molar-refractivity contribution in [1.82, 2.24) is 14.6 Å². The zero-order chi connectivity index (χ0) is 34.2. The number of para-hydroxylation sites is 1. The molecule has 0 saturated carbocycles. The molecule has 4 heterocycles. The summed E-state index contributed by atoms with van der Waals surface area (Å²) >= 11 is 0. The number of nitrogens with one attached hydrogen (secondary N) is 1. The maximum atomic E-state index is 6.68. The fraction of sp³-hybridized carbons (Fsp3) is 0.0638. The topological polar surface area (TPSA) is 32.2 Å². The molecule has 4 unspecified atom stereocenters. The van der Waals surface area contributed by atoms with E-state index in [4.69, 9.17) is 4.74 Å². The van der Waals surface area contributed by atoms with E-state index in [0.29, 0.717) is 0 Å². The summed E-state index contributed by atoms with van der Waals surface area (Å²) in [6, 6.07) is 63.0. The minimum atomic E-state index is -0.224. The van der Waals surface area contributed by atoms with Gasteiger partial charge in [-0.3, -0.25) is 5.01 Å². The zero-order valence-corrected chi connectivity index (χ0v) is 28.3. The highest BCUT2D eigenvalue weighted by molar-refractivity contribution is 6.14. The van der Waals surface area contributed by atoms with Gasteiger partial charge in [-0.25, -0.2) is 0 Å². The molecule has 11 rings (SSSR count). The number of anilines is 1. The van der Waals surface area contributed by atoms with Crippen LogP contribution in [0.25, 0.3) is 44.3 Å². The Morgan fingerprint density at radius 3 is 1.96 bits per heavy atom. The molecule has 8 aromatic rings. The molecule has 0 radical (unpaired) electrons. The van der Waals surface area contributed by atoms with Crippen LogP contribution in [0.15, 0.2) is 182 Å². The van der Waals surface area contributed by atoms with E-state index < -0.39 is 0 Å². The van der Waals surface area contributed by atoms with E-state index in [0.717, 1.165) is 39.1 Å². The number of hydrogen-bond donors (Lipinski definition) is 1. The van der Waals surface area contributed by atoms with Crippen LogP contribution in [0.3, 0.4) is 0 Å². The molecule has 1 aromatic heterocycles. The number of benzene rings is 7. The lowest BCUT2D eigenvalue weighted by Crippen LogP contribution is -2.09. The predicted octanol–water partition coefficient (Wildman–Crippen LogP) is 11.3. The van der Waals surface area contributed by atoms with Crippen molar-refractivity contribution in [2.75, 3.05) is 5.32 Å². The lowest BCUT2D eigenvalue weighted by atomic mass is 9.99. The lowest BCUT2D eigenvalue weighted by Gasteiger charge is -2.15. The highest BCUT2D eigenvalue weighted by atomic mass is 16.5. The molecule has 248 valence electrons. The highest BCUT2D eigenvalue weighted by Gasteiger charge is 2.55. The van der Waals surface area contributed by atoms with Crippen LogP contribution < -0.4 is 10.1 Å². The van der Waals surface area contributed by atoms with E-state index >= 15 is 0 Å². The first kappa shape index (κ1) is 29.2. The molecule has 0 spiro atoms. The molecule has 1 saturated heterocycles. The summed E-state index contributed by atoms with van der Waals surface area (Å²) in [6.45, 7) is 0. The first-order chi connectivity index (χ1) is 25.8. The average Bonchev–Trinajstić information content (AvgIpc) is 3.47. The van der Waals surface area contributed by atoms with Crippen LogP contribution in [0.1, 0.15) is 40.7 Å². The number of aromatic nitrogens is 1. The molecule has 4 atom stereocenters. The third-order valence-corrected chi connectivity index (χ3v) is 10.8. The SMILES string of the molecule is C1=C(c2ccc(-c3ccccc3)cc2)N2C(c3ccccc3)N2C1c1cccc(-n2c3ccccc3c3c4c(ccc32)NC(c2ccccc2)O4)c1. The van der Waals surface area contributed by atoms with Crippen molar-refractivity contribution < 1.29 is 4.74 Å². The fourth-order valence-electron chi connectivity index (χ4n) is 8.35. The van der Waals surface area contributed by atoms with Crippen LogP contribution in [0.2, 0.25) is 0 Å². The largest absolute Gasteiger partial charge is 0.464 e. The van der Waals surface area contributed by atoms with Gasteiger partial charge >= 0.3 is 0 Å². The van der Waals surface area contributed by atoms with Gasteiger partial charge in [0.15, 0.2) is 12.0 Å². The van der Waals surface area contributed by atoms with Crippen molar-refractivity contribution in [3.63, 3.8) is 0 Å². The summed E-state index contributed by atoms with van der Waals surface area (Å²) in [6.07, 6.45) is 2.39. The Morgan fingerprint density at radius 1 is 0.519 bits per heavy atom. The molecule has 0 bridgehead atoms. The van der Waals surface area contributed by atoms with Gasteiger partial charge in [0.25, 0.3) is 0 Å². The number of rotatable bonds is 6. The molecule has 0 amide bonds. The Bertz CT molecular complexity index is 2650.